The topological polar surface area (TPSA) is 65.5 Å². The van der Waals surface area contributed by atoms with E-state index in [0.717, 1.165) is 12.0 Å². The Bertz CT molecular complexity index is 747. The van der Waals surface area contributed by atoms with Gasteiger partial charge >= 0.3 is 0 Å². The van der Waals surface area contributed by atoms with Gasteiger partial charge < -0.3 is 16.0 Å². The van der Waals surface area contributed by atoms with Crippen molar-refractivity contribution in [3.8, 4) is 0 Å². The fraction of sp³-hybridized carbons (Fsp3) is 0.300. The van der Waals surface area contributed by atoms with Crippen molar-refractivity contribution in [2.45, 2.75) is 19.9 Å². The smallest absolute Gasteiger partial charge is 0.251 e. The number of carbonyl (C=O) groups is 1. The summed E-state index contributed by atoms with van der Waals surface area (Å²) in [5.74, 6) is 0.358. The monoisotopic (exact) mass is 356 g/mol. The number of carbonyl (C=O) groups excluding carboxylic acids is 1. The Labute approximate surface area is 153 Å². The van der Waals surface area contributed by atoms with Gasteiger partial charge in [0.15, 0.2) is 5.96 Å². The predicted octanol–water partition coefficient (Wildman–Crippen LogP) is 2.62. The van der Waals surface area contributed by atoms with Gasteiger partial charge in [0, 0.05) is 32.2 Å². The van der Waals surface area contributed by atoms with Gasteiger partial charge in [-0.2, -0.15) is 0 Å². The highest BCUT2D eigenvalue weighted by Crippen LogP contribution is 2.08. The van der Waals surface area contributed by atoms with Gasteiger partial charge in [-0.3, -0.25) is 9.79 Å². The molecule has 0 bridgehead atoms. The largest absolute Gasteiger partial charge is 0.356 e. The maximum Gasteiger partial charge on any atom is 0.251 e. The minimum absolute atomic E-state index is 0.0745. The van der Waals surface area contributed by atoms with Crippen LogP contribution in [0.3, 0.4) is 0 Å². The van der Waals surface area contributed by atoms with E-state index >= 15 is 0 Å². The van der Waals surface area contributed by atoms with E-state index in [0.29, 0.717) is 36.7 Å². The quantitative estimate of drug-likeness (QED) is 0.406. The molecule has 1 amide bonds. The highest BCUT2D eigenvalue weighted by Gasteiger charge is 2.04. The number of hydrogen-bond acceptors (Lipinski definition) is 2. The number of amides is 1. The SMILES string of the molecule is CN=C(NCCCNC(=O)c1ccccc1)NCc1ccc(C)c(F)c1. The summed E-state index contributed by atoms with van der Waals surface area (Å²) in [5.41, 5.74) is 2.14. The molecule has 0 saturated heterocycles. The van der Waals surface area contributed by atoms with Crippen molar-refractivity contribution < 1.29 is 9.18 Å². The van der Waals surface area contributed by atoms with Gasteiger partial charge in [-0.25, -0.2) is 4.39 Å². The number of benzene rings is 2. The van der Waals surface area contributed by atoms with E-state index < -0.39 is 0 Å². The second-order valence-corrected chi connectivity index (χ2v) is 5.91. The summed E-state index contributed by atoms with van der Waals surface area (Å²) in [6.45, 7) is 3.46. The van der Waals surface area contributed by atoms with Gasteiger partial charge in [0.05, 0.1) is 0 Å². The highest BCUT2D eigenvalue weighted by molar-refractivity contribution is 5.94. The second kappa shape index (κ2) is 10.2. The van der Waals surface area contributed by atoms with Crippen LogP contribution in [-0.4, -0.2) is 32.0 Å². The van der Waals surface area contributed by atoms with Crippen molar-refractivity contribution in [3.63, 3.8) is 0 Å². The molecule has 26 heavy (non-hydrogen) atoms. The van der Waals surface area contributed by atoms with E-state index in [1.807, 2.05) is 24.3 Å². The minimum atomic E-state index is -0.207. The molecule has 0 atom stereocenters. The van der Waals surface area contributed by atoms with Crippen molar-refractivity contribution in [1.29, 1.82) is 0 Å². The lowest BCUT2D eigenvalue weighted by Crippen LogP contribution is -2.38. The molecular weight excluding hydrogens is 331 g/mol. The summed E-state index contributed by atoms with van der Waals surface area (Å²) in [4.78, 5) is 16.0. The number of nitrogens with one attached hydrogen (secondary N) is 3. The zero-order valence-electron chi connectivity index (χ0n) is 15.2. The van der Waals surface area contributed by atoms with Crippen LogP contribution < -0.4 is 16.0 Å². The van der Waals surface area contributed by atoms with Gasteiger partial charge in [0.25, 0.3) is 5.91 Å². The van der Waals surface area contributed by atoms with E-state index in [1.54, 1.807) is 32.2 Å². The molecule has 0 heterocycles. The Morgan fingerprint density at radius 3 is 2.46 bits per heavy atom. The van der Waals surface area contributed by atoms with Gasteiger partial charge in [0.1, 0.15) is 5.82 Å². The van der Waals surface area contributed by atoms with E-state index in [9.17, 15) is 9.18 Å². The lowest BCUT2D eigenvalue weighted by molar-refractivity contribution is 0.0953. The normalized spacial score (nSPS) is 11.1. The van der Waals surface area contributed by atoms with Gasteiger partial charge in [-0.15, -0.1) is 0 Å². The Hall–Kier alpha value is -2.89. The van der Waals surface area contributed by atoms with E-state index in [1.165, 1.54) is 6.07 Å². The number of rotatable bonds is 7. The molecule has 0 aliphatic carbocycles. The lowest BCUT2D eigenvalue weighted by atomic mass is 10.1. The molecule has 5 nitrogen and oxygen atoms in total. The molecule has 2 rings (SSSR count). The van der Waals surface area contributed by atoms with Crippen molar-refractivity contribution in [2.24, 2.45) is 4.99 Å². The van der Waals surface area contributed by atoms with Gasteiger partial charge in [-0.05, 0) is 42.7 Å². The maximum atomic E-state index is 13.6. The number of hydrogen-bond donors (Lipinski definition) is 3. The number of aryl methyl sites for hydroxylation is 1. The summed E-state index contributed by atoms with van der Waals surface area (Å²) in [6, 6.07) is 14.3. The summed E-state index contributed by atoms with van der Waals surface area (Å²) in [5, 5.41) is 9.19. The minimum Gasteiger partial charge on any atom is -0.356 e. The van der Waals surface area contributed by atoms with E-state index in [-0.39, 0.29) is 11.7 Å². The van der Waals surface area contributed by atoms with Crippen molar-refractivity contribution in [2.75, 3.05) is 20.1 Å². The molecule has 0 fully saturated rings. The standard InChI is InChI=1S/C20H25FN4O/c1-15-9-10-16(13-18(15)21)14-25-20(22-2)24-12-6-11-23-19(26)17-7-4-3-5-8-17/h3-5,7-10,13H,6,11-12,14H2,1-2H3,(H,23,26)(H2,22,24,25). The van der Waals surface area contributed by atoms with Crippen LogP contribution in [0.15, 0.2) is 53.5 Å². The van der Waals surface area contributed by atoms with Crippen molar-refractivity contribution >= 4 is 11.9 Å². The first-order chi connectivity index (χ1) is 12.6. The molecule has 0 unspecified atom stereocenters. The van der Waals surface area contributed by atoms with Gasteiger partial charge in [0.2, 0.25) is 0 Å². The molecule has 138 valence electrons. The fourth-order valence-electron chi connectivity index (χ4n) is 2.34. The first kappa shape index (κ1) is 19.4. The molecule has 0 aromatic heterocycles. The van der Waals surface area contributed by atoms with E-state index in [2.05, 4.69) is 20.9 Å². The molecule has 0 aliphatic heterocycles. The average molecular weight is 356 g/mol. The van der Waals surface area contributed by atoms with Crippen LogP contribution in [0, 0.1) is 12.7 Å². The van der Waals surface area contributed by atoms with Gasteiger partial charge in [-0.1, -0.05) is 30.3 Å². The molecule has 2 aromatic carbocycles. The summed E-state index contributed by atoms with van der Waals surface area (Å²) in [6.07, 6.45) is 0.762. The van der Waals surface area contributed by atoms with Crippen LogP contribution in [0.5, 0.6) is 0 Å². The Morgan fingerprint density at radius 1 is 1.04 bits per heavy atom. The summed E-state index contributed by atoms with van der Waals surface area (Å²) in [7, 11) is 1.68. The first-order valence-electron chi connectivity index (χ1n) is 8.63. The molecule has 6 heteroatoms. The Balaban J connectivity index is 1.65. The number of aliphatic imine (C=N–C) groups is 1. The predicted molar refractivity (Wildman–Crippen MR) is 103 cm³/mol. The lowest BCUT2D eigenvalue weighted by Gasteiger charge is -2.12. The van der Waals surface area contributed by atoms with Crippen LogP contribution in [0.25, 0.3) is 0 Å². The zero-order chi connectivity index (χ0) is 18.8. The van der Waals surface area contributed by atoms with Crippen LogP contribution in [0.1, 0.15) is 27.9 Å². The molecule has 0 radical (unpaired) electrons. The fourth-order valence-corrected chi connectivity index (χ4v) is 2.34. The first-order valence-corrected chi connectivity index (χ1v) is 8.63. The Kier molecular flexibility index (Phi) is 7.61. The molecule has 0 saturated carbocycles. The molecule has 0 spiro atoms. The van der Waals surface area contributed by atoms with Crippen LogP contribution in [0.2, 0.25) is 0 Å². The van der Waals surface area contributed by atoms with Crippen molar-refractivity contribution in [1.82, 2.24) is 16.0 Å². The summed E-state index contributed by atoms with van der Waals surface area (Å²) < 4.78 is 13.6. The third-order valence-electron chi connectivity index (χ3n) is 3.89. The zero-order valence-corrected chi connectivity index (χ0v) is 15.2. The summed E-state index contributed by atoms with van der Waals surface area (Å²) >= 11 is 0. The number of guanidine groups is 1. The van der Waals surface area contributed by atoms with Crippen LogP contribution in [-0.2, 0) is 6.54 Å². The molecule has 2 aromatic rings. The molecule has 3 N–H and O–H groups in total. The van der Waals surface area contributed by atoms with Crippen LogP contribution >= 0.6 is 0 Å². The van der Waals surface area contributed by atoms with Crippen molar-refractivity contribution in [3.05, 3.63) is 71.0 Å². The maximum absolute atomic E-state index is 13.6. The van der Waals surface area contributed by atoms with E-state index in [4.69, 9.17) is 0 Å². The Morgan fingerprint density at radius 2 is 1.77 bits per heavy atom. The highest BCUT2D eigenvalue weighted by atomic mass is 19.1. The average Bonchev–Trinajstić information content (AvgIpc) is 2.67. The molecular formula is C20H25FN4O. The second-order valence-electron chi connectivity index (χ2n) is 5.91. The molecule has 0 aliphatic rings. The number of nitrogens with zero attached hydrogens (tertiary/aromatic N) is 1. The number of halogens is 1. The third-order valence-corrected chi connectivity index (χ3v) is 3.89. The van der Waals surface area contributed by atoms with Crippen LogP contribution in [0.4, 0.5) is 4.39 Å². The third kappa shape index (κ3) is 6.20.